The molecule has 0 unspecified atom stereocenters. The summed E-state index contributed by atoms with van der Waals surface area (Å²) in [6.07, 6.45) is 0. The van der Waals surface area contributed by atoms with E-state index in [2.05, 4.69) is 0 Å². The fourth-order valence-corrected chi connectivity index (χ4v) is 1.40. The molecule has 0 saturated heterocycles. The van der Waals surface area contributed by atoms with Gasteiger partial charge in [-0.2, -0.15) is 0 Å². The Balaban J connectivity index is 3.42. The van der Waals surface area contributed by atoms with E-state index in [9.17, 15) is 10.2 Å². The highest BCUT2D eigenvalue weighted by Crippen LogP contribution is 2.40. The molecule has 0 amide bonds. The highest BCUT2D eigenvalue weighted by molar-refractivity contribution is 5.53. The molecule has 2 N–H and O–H groups in total. The van der Waals surface area contributed by atoms with Crippen molar-refractivity contribution in [2.75, 3.05) is 14.2 Å². The molecule has 1 rings (SSSR count). The average molecular weight is 212 g/mol. The van der Waals surface area contributed by atoms with Crippen molar-refractivity contribution in [2.24, 2.45) is 0 Å². The highest BCUT2D eigenvalue weighted by atomic mass is 16.5. The normalized spacial score (nSPS) is 11.3. The van der Waals surface area contributed by atoms with Crippen LogP contribution >= 0.6 is 0 Å². The lowest BCUT2D eigenvalue weighted by atomic mass is 9.96. The SMILES string of the molecule is COc1cc(O)cc(C(C)(C)O)c1OC. The number of benzene rings is 1. The molecule has 4 nitrogen and oxygen atoms in total. The summed E-state index contributed by atoms with van der Waals surface area (Å²) in [4.78, 5) is 0. The number of rotatable bonds is 3. The van der Waals surface area contributed by atoms with Crippen molar-refractivity contribution in [3.8, 4) is 17.2 Å². The zero-order valence-electron chi connectivity index (χ0n) is 9.37. The molecule has 0 radical (unpaired) electrons. The maximum absolute atomic E-state index is 9.90. The van der Waals surface area contributed by atoms with E-state index in [-0.39, 0.29) is 5.75 Å². The Kier molecular flexibility index (Phi) is 3.09. The summed E-state index contributed by atoms with van der Waals surface area (Å²) in [5, 5.41) is 19.4. The van der Waals surface area contributed by atoms with Crippen LogP contribution in [0.15, 0.2) is 12.1 Å². The van der Waals surface area contributed by atoms with Crippen LogP contribution in [0.5, 0.6) is 17.2 Å². The van der Waals surface area contributed by atoms with Gasteiger partial charge in [0.25, 0.3) is 0 Å². The Morgan fingerprint density at radius 1 is 1.13 bits per heavy atom. The quantitative estimate of drug-likeness (QED) is 0.799. The predicted octanol–water partition coefficient (Wildman–Crippen LogP) is 1.64. The second-order valence-electron chi connectivity index (χ2n) is 3.79. The zero-order chi connectivity index (χ0) is 11.6. The van der Waals surface area contributed by atoms with Crippen molar-refractivity contribution in [3.05, 3.63) is 17.7 Å². The van der Waals surface area contributed by atoms with Gasteiger partial charge in [-0.3, -0.25) is 0 Å². The van der Waals surface area contributed by atoms with Crippen molar-refractivity contribution < 1.29 is 19.7 Å². The highest BCUT2D eigenvalue weighted by Gasteiger charge is 2.24. The van der Waals surface area contributed by atoms with E-state index in [1.54, 1.807) is 13.8 Å². The number of aromatic hydroxyl groups is 1. The molecule has 0 aromatic heterocycles. The summed E-state index contributed by atoms with van der Waals surface area (Å²) >= 11 is 0. The van der Waals surface area contributed by atoms with Crippen LogP contribution in [0, 0.1) is 0 Å². The largest absolute Gasteiger partial charge is 0.508 e. The van der Waals surface area contributed by atoms with Crippen molar-refractivity contribution in [2.45, 2.75) is 19.4 Å². The van der Waals surface area contributed by atoms with E-state index < -0.39 is 5.60 Å². The van der Waals surface area contributed by atoms with Crippen molar-refractivity contribution in [3.63, 3.8) is 0 Å². The number of methoxy groups -OCH3 is 2. The van der Waals surface area contributed by atoms with Crippen LogP contribution in [0.3, 0.4) is 0 Å². The maximum Gasteiger partial charge on any atom is 0.167 e. The smallest absolute Gasteiger partial charge is 0.167 e. The molecule has 0 atom stereocenters. The molecule has 0 saturated carbocycles. The number of phenolic OH excluding ortho intramolecular Hbond substituents is 1. The van der Waals surface area contributed by atoms with Crippen LogP contribution in [0.2, 0.25) is 0 Å². The number of aliphatic hydroxyl groups is 1. The third kappa shape index (κ3) is 2.33. The Morgan fingerprint density at radius 2 is 1.73 bits per heavy atom. The van der Waals surface area contributed by atoms with Crippen molar-refractivity contribution in [1.29, 1.82) is 0 Å². The third-order valence-corrected chi connectivity index (χ3v) is 2.12. The molecule has 15 heavy (non-hydrogen) atoms. The van der Waals surface area contributed by atoms with Gasteiger partial charge in [-0.25, -0.2) is 0 Å². The Morgan fingerprint density at radius 3 is 2.13 bits per heavy atom. The summed E-state index contributed by atoms with van der Waals surface area (Å²) in [6.45, 7) is 3.23. The molecule has 84 valence electrons. The average Bonchev–Trinajstić information content (AvgIpc) is 2.15. The van der Waals surface area contributed by atoms with Crippen LogP contribution in [0.4, 0.5) is 0 Å². The zero-order valence-corrected chi connectivity index (χ0v) is 9.37. The molecule has 0 aliphatic carbocycles. The van der Waals surface area contributed by atoms with Gasteiger partial charge in [0, 0.05) is 11.6 Å². The summed E-state index contributed by atoms with van der Waals surface area (Å²) in [7, 11) is 2.97. The van der Waals surface area contributed by atoms with Gasteiger partial charge < -0.3 is 19.7 Å². The second-order valence-corrected chi connectivity index (χ2v) is 3.79. The minimum atomic E-state index is -1.10. The molecular weight excluding hydrogens is 196 g/mol. The van der Waals surface area contributed by atoms with Gasteiger partial charge in [0.05, 0.1) is 19.8 Å². The van der Waals surface area contributed by atoms with Gasteiger partial charge >= 0.3 is 0 Å². The predicted molar refractivity (Wildman–Crippen MR) is 56.5 cm³/mol. The molecule has 0 bridgehead atoms. The van der Waals surface area contributed by atoms with E-state index in [1.807, 2.05) is 0 Å². The van der Waals surface area contributed by atoms with Crippen LogP contribution in [-0.2, 0) is 5.60 Å². The molecule has 0 fully saturated rings. The minimum absolute atomic E-state index is 0.0322. The van der Waals surface area contributed by atoms with E-state index in [1.165, 1.54) is 26.4 Å². The summed E-state index contributed by atoms with van der Waals surface area (Å²) < 4.78 is 10.2. The first-order valence-corrected chi connectivity index (χ1v) is 4.58. The lowest BCUT2D eigenvalue weighted by Gasteiger charge is -2.22. The fourth-order valence-electron chi connectivity index (χ4n) is 1.40. The summed E-state index contributed by atoms with van der Waals surface area (Å²) in [5.74, 6) is 0.863. The fraction of sp³-hybridized carbons (Fsp3) is 0.455. The van der Waals surface area contributed by atoms with Crippen molar-refractivity contribution >= 4 is 0 Å². The van der Waals surface area contributed by atoms with Crippen LogP contribution in [0.25, 0.3) is 0 Å². The van der Waals surface area contributed by atoms with Gasteiger partial charge in [0.1, 0.15) is 5.75 Å². The Labute approximate surface area is 89.1 Å². The number of hydrogen-bond donors (Lipinski definition) is 2. The monoisotopic (exact) mass is 212 g/mol. The Bertz CT molecular complexity index is 352. The molecule has 0 aliphatic rings. The molecule has 0 aliphatic heterocycles. The van der Waals surface area contributed by atoms with Gasteiger partial charge in [-0.1, -0.05) is 0 Å². The number of phenols is 1. The van der Waals surface area contributed by atoms with Crippen LogP contribution < -0.4 is 9.47 Å². The van der Waals surface area contributed by atoms with Crippen LogP contribution in [-0.4, -0.2) is 24.4 Å². The van der Waals surface area contributed by atoms with Crippen LogP contribution in [0.1, 0.15) is 19.4 Å². The van der Waals surface area contributed by atoms with E-state index in [0.29, 0.717) is 17.1 Å². The molecule has 4 heteroatoms. The van der Waals surface area contributed by atoms with Gasteiger partial charge in [-0.15, -0.1) is 0 Å². The first-order chi connectivity index (χ1) is 6.90. The second kappa shape index (κ2) is 3.98. The number of hydrogen-bond acceptors (Lipinski definition) is 4. The lowest BCUT2D eigenvalue weighted by molar-refractivity contribution is 0.0748. The minimum Gasteiger partial charge on any atom is -0.508 e. The standard InChI is InChI=1S/C11H16O4/c1-11(2,13)8-5-7(12)6-9(14-3)10(8)15-4/h5-6,12-13H,1-4H3. The van der Waals surface area contributed by atoms with E-state index in [0.717, 1.165) is 0 Å². The van der Waals surface area contributed by atoms with Gasteiger partial charge in [0.2, 0.25) is 0 Å². The first-order valence-electron chi connectivity index (χ1n) is 4.58. The molecule has 0 spiro atoms. The first kappa shape index (κ1) is 11.7. The molecule has 1 aromatic carbocycles. The summed E-state index contributed by atoms with van der Waals surface area (Å²) in [5.41, 5.74) is -0.612. The Hall–Kier alpha value is -1.42. The maximum atomic E-state index is 9.90. The van der Waals surface area contributed by atoms with Gasteiger partial charge in [-0.05, 0) is 19.9 Å². The molecule has 1 aromatic rings. The number of ether oxygens (including phenoxy) is 2. The topological polar surface area (TPSA) is 58.9 Å². The molecular formula is C11H16O4. The van der Waals surface area contributed by atoms with E-state index >= 15 is 0 Å². The molecule has 0 heterocycles. The van der Waals surface area contributed by atoms with Crippen molar-refractivity contribution in [1.82, 2.24) is 0 Å². The lowest BCUT2D eigenvalue weighted by Crippen LogP contribution is -2.17. The third-order valence-electron chi connectivity index (χ3n) is 2.12. The summed E-state index contributed by atoms with van der Waals surface area (Å²) in [6, 6.07) is 2.90. The van der Waals surface area contributed by atoms with Gasteiger partial charge in [0.15, 0.2) is 11.5 Å². The van der Waals surface area contributed by atoms with E-state index in [4.69, 9.17) is 9.47 Å².